The molecule has 0 atom stereocenters. The van der Waals surface area contributed by atoms with Crippen LogP contribution in [0.5, 0.6) is 0 Å². The van der Waals surface area contributed by atoms with Crippen molar-refractivity contribution in [1.82, 2.24) is 15.0 Å². The third-order valence-corrected chi connectivity index (χ3v) is 3.50. The predicted octanol–water partition coefficient (Wildman–Crippen LogP) is 2.68. The van der Waals surface area contributed by atoms with Crippen LogP contribution in [0.25, 0.3) is 22.2 Å². The van der Waals surface area contributed by atoms with Crippen LogP contribution in [0.2, 0.25) is 0 Å². The van der Waals surface area contributed by atoms with E-state index < -0.39 is 6.02 Å². The molecule has 0 saturated heterocycles. The highest BCUT2D eigenvalue weighted by Crippen LogP contribution is 2.28. The molecule has 6 N–H and O–H groups in total. The van der Waals surface area contributed by atoms with Crippen molar-refractivity contribution in [3.8, 4) is 11.3 Å². The van der Waals surface area contributed by atoms with Crippen LogP contribution >= 0.6 is 0 Å². The van der Waals surface area contributed by atoms with Crippen molar-refractivity contribution in [2.24, 2.45) is 5.73 Å². The van der Waals surface area contributed by atoms with Gasteiger partial charge in [-0.1, -0.05) is 0 Å². The van der Waals surface area contributed by atoms with Gasteiger partial charge in [0.2, 0.25) is 5.90 Å². The topological polar surface area (TPSA) is 137 Å². The van der Waals surface area contributed by atoms with Gasteiger partial charge in [-0.05, 0) is 32.0 Å². The van der Waals surface area contributed by atoms with E-state index in [0.29, 0.717) is 17.1 Å². The third kappa shape index (κ3) is 3.57. The molecular formula is C17H19N7O. The maximum absolute atomic E-state index is 7.88. The minimum Gasteiger partial charge on any atom is -0.407 e. The SMILES string of the molecule is CC(C)Nc1cncc(-c2c[nH]c3ccc(C(=N)OC(=N)N)cc23)n1. The number of nitrogens with zero attached hydrogens (tertiary/aromatic N) is 2. The van der Waals surface area contributed by atoms with Crippen molar-refractivity contribution in [2.45, 2.75) is 19.9 Å². The Kier molecular flexibility index (Phi) is 4.34. The molecule has 2 heterocycles. The van der Waals surface area contributed by atoms with Gasteiger partial charge in [0, 0.05) is 34.3 Å². The third-order valence-electron chi connectivity index (χ3n) is 3.50. The Morgan fingerprint density at radius 3 is 2.80 bits per heavy atom. The van der Waals surface area contributed by atoms with E-state index in [1.54, 1.807) is 24.5 Å². The summed E-state index contributed by atoms with van der Waals surface area (Å²) in [6.07, 6.45) is 5.23. The van der Waals surface area contributed by atoms with Crippen molar-refractivity contribution in [3.63, 3.8) is 0 Å². The maximum Gasteiger partial charge on any atom is 0.285 e. The number of anilines is 1. The number of nitrogens with one attached hydrogen (secondary N) is 4. The number of aromatic amines is 1. The number of amidine groups is 1. The number of ether oxygens (including phenoxy) is 1. The average Bonchev–Trinajstić information content (AvgIpc) is 2.96. The van der Waals surface area contributed by atoms with E-state index in [9.17, 15) is 0 Å². The molecule has 0 fully saturated rings. The Bertz CT molecular complexity index is 945. The summed E-state index contributed by atoms with van der Waals surface area (Å²) in [4.78, 5) is 12.0. The van der Waals surface area contributed by atoms with Crippen LogP contribution in [0.1, 0.15) is 19.4 Å². The first kappa shape index (κ1) is 16.4. The van der Waals surface area contributed by atoms with Crippen LogP contribution in [-0.4, -0.2) is 32.9 Å². The van der Waals surface area contributed by atoms with Crippen LogP contribution < -0.4 is 11.1 Å². The zero-order valence-corrected chi connectivity index (χ0v) is 13.9. The minimum absolute atomic E-state index is 0.178. The quantitative estimate of drug-likeness (QED) is 0.368. The monoisotopic (exact) mass is 337 g/mol. The molecule has 0 bridgehead atoms. The maximum atomic E-state index is 7.88. The van der Waals surface area contributed by atoms with Crippen LogP contribution in [-0.2, 0) is 4.74 Å². The van der Waals surface area contributed by atoms with E-state index in [1.807, 2.05) is 26.1 Å². The van der Waals surface area contributed by atoms with Crippen LogP contribution in [0.15, 0.2) is 36.8 Å². The normalized spacial score (nSPS) is 10.8. The second-order valence-electron chi connectivity index (χ2n) is 5.85. The zero-order chi connectivity index (χ0) is 18.0. The second-order valence-corrected chi connectivity index (χ2v) is 5.85. The highest BCUT2D eigenvalue weighted by atomic mass is 16.5. The van der Waals surface area contributed by atoms with Crippen LogP contribution in [0, 0.1) is 10.8 Å². The Balaban J connectivity index is 2.02. The fourth-order valence-electron chi connectivity index (χ4n) is 2.50. The molecule has 0 radical (unpaired) electrons. The fraction of sp³-hybridized carbons (Fsp3) is 0.176. The van der Waals surface area contributed by atoms with E-state index in [4.69, 9.17) is 21.3 Å². The Labute approximate surface area is 144 Å². The van der Waals surface area contributed by atoms with Crippen molar-refractivity contribution in [3.05, 3.63) is 42.4 Å². The summed E-state index contributed by atoms with van der Waals surface area (Å²) in [6, 6.07) is 5.11. The predicted molar refractivity (Wildman–Crippen MR) is 97.9 cm³/mol. The molecule has 0 saturated carbocycles. The summed E-state index contributed by atoms with van der Waals surface area (Å²) < 4.78 is 4.87. The zero-order valence-electron chi connectivity index (χ0n) is 13.9. The lowest BCUT2D eigenvalue weighted by Gasteiger charge is -2.09. The number of nitrogens with two attached hydrogens (primary N) is 1. The first-order valence-electron chi connectivity index (χ1n) is 7.75. The van der Waals surface area contributed by atoms with Gasteiger partial charge >= 0.3 is 0 Å². The standard InChI is InChI=1S/C17H19N7O/c1-9(2)23-15-8-21-7-14(24-15)12-6-22-13-4-3-10(5-11(12)13)16(18)25-17(19)20/h3-9,18,22H,1-2H3,(H3,19,20)(H,23,24). The summed E-state index contributed by atoms with van der Waals surface area (Å²) in [5.41, 5.74) is 8.20. The highest BCUT2D eigenvalue weighted by molar-refractivity contribution is 6.03. The highest BCUT2D eigenvalue weighted by Gasteiger charge is 2.12. The van der Waals surface area contributed by atoms with E-state index in [2.05, 4.69) is 20.3 Å². The molecule has 0 unspecified atom stereocenters. The number of aromatic nitrogens is 3. The average molecular weight is 337 g/mol. The molecule has 0 amide bonds. The molecule has 25 heavy (non-hydrogen) atoms. The molecule has 0 spiro atoms. The van der Waals surface area contributed by atoms with Gasteiger partial charge in [0.05, 0.1) is 18.1 Å². The summed E-state index contributed by atoms with van der Waals surface area (Å²) in [5, 5.41) is 19.1. The van der Waals surface area contributed by atoms with Gasteiger partial charge in [-0.3, -0.25) is 15.8 Å². The second kappa shape index (κ2) is 6.60. The van der Waals surface area contributed by atoms with E-state index in [0.717, 1.165) is 16.5 Å². The molecule has 1 aromatic carbocycles. The molecule has 8 heteroatoms. The molecule has 3 rings (SSSR count). The molecule has 0 aliphatic heterocycles. The first-order chi connectivity index (χ1) is 11.9. The van der Waals surface area contributed by atoms with Gasteiger partial charge in [-0.15, -0.1) is 0 Å². The molecule has 8 nitrogen and oxygen atoms in total. The van der Waals surface area contributed by atoms with Crippen molar-refractivity contribution < 1.29 is 4.74 Å². The molecule has 3 aromatic rings. The molecule has 2 aromatic heterocycles. The first-order valence-corrected chi connectivity index (χ1v) is 7.75. The number of benzene rings is 1. The summed E-state index contributed by atoms with van der Waals surface area (Å²) in [7, 11) is 0. The fourth-order valence-corrected chi connectivity index (χ4v) is 2.50. The van der Waals surface area contributed by atoms with Gasteiger partial charge in [-0.25, -0.2) is 4.98 Å². The van der Waals surface area contributed by atoms with Crippen LogP contribution in [0.3, 0.4) is 0 Å². The van der Waals surface area contributed by atoms with Crippen molar-refractivity contribution in [2.75, 3.05) is 5.32 Å². The smallest absolute Gasteiger partial charge is 0.285 e. The van der Waals surface area contributed by atoms with Crippen molar-refractivity contribution in [1.29, 1.82) is 10.8 Å². The van der Waals surface area contributed by atoms with Gasteiger partial charge in [-0.2, -0.15) is 0 Å². The molecule has 128 valence electrons. The Morgan fingerprint density at radius 1 is 1.28 bits per heavy atom. The minimum atomic E-state index is -0.516. The summed E-state index contributed by atoms with van der Waals surface area (Å²) in [6.45, 7) is 4.07. The largest absolute Gasteiger partial charge is 0.407 e. The summed E-state index contributed by atoms with van der Waals surface area (Å²) >= 11 is 0. The van der Waals surface area contributed by atoms with Crippen LogP contribution in [0.4, 0.5) is 5.82 Å². The number of rotatable bonds is 4. The van der Waals surface area contributed by atoms with E-state index >= 15 is 0 Å². The van der Waals surface area contributed by atoms with Gasteiger partial charge in [0.1, 0.15) is 5.82 Å². The summed E-state index contributed by atoms with van der Waals surface area (Å²) in [5.74, 6) is 0.522. The molecule has 0 aliphatic carbocycles. The van der Waals surface area contributed by atoms with Gasteiger partial charge < -0.3 is 20.8 Å². The Morgan fingerprint density at radius 2 is 2.08 bits per heavy atom. The molecular weight excluding hydrogens is 318 g/mol. The number of hydrogen-bond donors (Lipinski definition) is 5. The number of hydrogen-bond acceptors (Lipinski definition) is 6. The van der Waals surface area contributed by atoms with E-state index in [-0.39, 0.29) is 11.9 Å². The van der Waals surface area contributed by atoms with Gasteiger partial charge in [0.15, 0.2) is 0 Å². The lowest BCUT2D eigenvalue weighted by molar-refractivity contribution is 0.527. The van der Waals surface area contributed by atoms with E-state index in [1.165, 1.54) is 0 Å². The lowest BCUT2D eigenvalue weighted by atomic mass is 10.1. The lowest BCUT2D eigenvalue weighted by Crippen LogP contribution is -2.19. The number of fused-ring (bicyclic) bond motifs is 1. The Hall–Kier alpha value is -3.42. The molecule has 0 aliphatic rings. The number of H-pyrrole nitrogens is 1. The van der Waals surface area contributed by atoms with Gasteiger partial charge in [0.25, 0.3) is 6.02 Å². The van der Waals surface area contributed by atoms with Crippen molar-refractivity contribution >= 4 is 28.6 Å².